The van der Waals surface area contributed by atoms with Crippen molar-refractivity contribution in [1.82, 2.24) is 15.5 Å². The number of benzene rings is 3. The Bertz CT molecular complexity index is 1640. The van der Waals surface area contributed by atoms with Gasteiger partial charge >= 0.3 is 5.97 Å². The second-order valence-corrected chi connectivity index (χ2v) is 14.9. The van der Waals surface area contributed by atoms with Gasteiger partial charge in [0.1, 0.15) is 11.6 Å². The van der Waals surface area contributed by atoms with E-state index in [1.807, 2.05) is 69.3 Å². The van der Waals surface area contributed by atoms with Crippen LogP contribution in [0.3, 0.4) is 0 Å². The predicted octanol–water partition coefficient (Wildman–Crippen LogP) is 6.51. The highest BCUT2D eigenvalue weighted by Crippen LogP contribution is 2.39. The van der Waals surface area contributed by atoms with E-state index in [2.05, 4.69) is 39.8 Å². The first-order chi connectivity index (χ1) is 25.0. The molecule has 0 saturated carbocycles. The summed E-state index contributed by atoms with van der Waals surface area (Å²) in [6.07, 6.45) is 4.21. The Morgan fingerprint density at radius 2 is 1.63 bits per heavy atom. The lowest BCUT2D eigenvalue weighted by atomic mass is 9.98. The van der Waals surface area contributed by atoms with Crippen LogP contribution in [-0.4, -0.2) is 65.2 Å². The zero-order chi connectivity index (χ0) is 37.1. The fourth-order valence-corrected chi connectivity index (χ4v) is 6.84. The van der Waals surface area contributed by atoms with Gasteiger partial charge in [-0.05, 0) is 92.9 Å². The van der Waals surface area contributed by atoms with Crippen LogP contribution in [0.4, 0.5) is 0 Å². The quantitative estimate of drug-likeness (QED) is 0.120. The van der Waals surface area contributed by atoms with Crippen molar-refractivity contribution in [2.75, 3.05) is 19.6 Å². The van der Waals surface area contributed by atoms with E-state index in [1.165, 1.54) is 6.92 Å². The summed E-state index contributed by atoms with van der Waals surface area (Å²) in [5.41, 5.74) is 5.22. The summed E-state index contributed by atoms with van der Waals surface area (Å²) in [5.74, 6) is -0.204. The molecule has 2 aliphatic rings. The van der Waals surface area contributed by atoms with Crippen LogP contribution in [-0.2, 0) is 41.7 Å². The summed E-state index contributed by atoms with van der Waals surface area (Å²) in [6.45, 7) is 9.63. The number of nitrogens with one attached hydrogen (secondary N) is 2. The molecule has 10 heteroatoms. The topological polar surface area (TPSA) is 126 Å². The molecule has 0 bridgehead atoms. The number of amides is 2. The van der Waals surface area contributed by atoms with Gasteiger partial charge in [-0.25, -0.2) is 0 Å². The molecule has 0 unspecified atom stereocenters. The van der Waals surface area contributed by atoms with Crippen LogP contribution in [0.15, 0.2) is 72.8 Å². The molecule has 52 heavy (non-hydrogen) atoms. The number of hydrogen-bond donors (Lipinski definition) is 3. The van der Waals surface area contributed by atoms with E-state index in [1.54, 1.807) is 0 Å². The van der Waals surface area contributed by atoms with E-state index >= 15 is 0 Å². The van der Waals surface area contributed by atoms with Crippen LogP contribution in [0.5, 0.6) is 0 Å². The number of hydrogen-bond acceptors (Lipinski definition) is 8. The summed E-state index contributed by atoms with van der Waals surface area (Å²) in [6, 6.07) is 23.9. The van der Waals surface area contributed by atoms with E-state index in [0.717, 1.165) is 72.0 Å². The predicted molar refractivity (Wildman–Crippen MR) is 200 cm³/mol. The number of rotatable bonds is 15. The summed E-state index contributed by atoms with van der Waals surface area (Å²) in [4.78, 5) is 38.8. The lowest BCUT2D eigenvalue weighted by Crippen LogP contribution is -2.45. The van der Waals surface area contributed by atoms with Crippen LogP contribution >= 0.6 is 0 Å². The second-order valence-electron chi connectivity index (χ2n) is 14.9. The van der Waals surface area contributed by atoms with Gasteiger partial charge in [0.2, 0.25) is 11.8 Å². The maximum atomic E-state index is 13.1. The molecule has 10 nitrogen and oxygen atoms in total. The zero-order valence-electron chi connectivity index (χ0n) is 31.1. The molecule has 280 valence electrons. The van der Waals surface area contributed by atoms with Gasteiger partial charge in [-0.3, -0.25) is 19.3 Å². The van der Waals surface area contributed by atoms with Gasteiger partial charge in [-0.2, -0.15) is 0 Å². The molecule has 5 rings (SSSR count). The molecule has 0 aliphatic carbocycles. The zero-order valence-corrected chi connectivity index (χ0v) is 31.1. The Balaban J connectivity index is 1.26. The third kappa shape index (κ3) is 11.7. The second kappa shape index (κ2) is 18.6. The number of nitrogens with zero attached hydrogens (tertiary/aromatic N) is 1. The van der Waals surface area contributed by atoms with E-state index < -0.39 is 11.9 Å². The van der Waals surface area contributed by atoms with Crippen molar-refractivity contribution >= 4 is 17.8 Å². The van der Waals surface area contributed by atoms with Gasteiger partial charge in [0.15, 0.2) is 6.29 Å². The SMILES string of the molecule is CC(=O)NCCCCCC(=O)NCc1cccc(-c2cccc([C@H]3O[C@@H](CN4CCC[C@H]4C(=O)OC(C)(C)C)C[C@@H](c4ccc(CO)cc4)O3)c2)c1. The summed E-state index contributed by atoms with van der Waals surface area (Å²) < 4.78 is 19.1. The number of aliphatic hydroxyl groups is 1. The Morgan fingerprint density at radius 1 is 0.885 bits per heavy atom. The molecule has 3 aromatic rings. The highest BCUT2D eigenvalue weighted by Gasteiger charge is 2.39. The number of aliphatic hydroxyl groups excluding tert-OH is 1. The lowest BCUT2D eigenvalue weighted by Gasteiger charge is -2.38. The third-order valence-electron chi connectivity index (χ3n) is 9.46. The maximum Gasteiger partial charge on any atom is 0.323 e. The standard InChI is InChI=1S/C42H55N3O7/c1-29(47)43-21-7-5-6-16-39(48)44-26-31-11-8-12-33(23-31)34-13-9-14-35(24-34)41-50-36(25-38(51-41)32-19-17-30(28-46)18-20-32)27-45-22-10-15-37(45)40(49)52-42(2,3)4/h8-9,11-14,17-20,23-24,36-38,41,46H,5-7,10,15-16,21-22,25-28H2,1-4H3,(H,43,47)(H,44,48)/t36-,37+,38+,41+/m1/s1. The number of esters is 1. The fraction of sp³-hybridized carbons (Fsp3) is 0.500. The molecule has 0 spiro atoms. The van der Waals surface area contributed by atoms with E-state index in [4.69, 9.17) is 14.2 Å². The maximum absolute atomic E-state index is 13.1. The first-order valence-electron chi connectivity index (χ1n) is 18.7. The average Bonchev–Trinajstić information content (AvgIpc) is 3.60. The van der Waals surface area contributed by atoms with E-state index in [-0.39, 0.29) is 42.6 Å². The monoisotopic (exact) mass is 713 g/mol. The third-order valence-corrected chi connectivity index (χ3v) is 9.46. The molecule has 3 N–H and O–H groups in total. The molecule has 2 saturated heterocycles. The molecule has 0 aromatic heterocycles. The summed E-state index contributed by atoms with van der Waals surface area (Å²) in [5, 5.41) is 15.4. The van der Waals surface area contributed by atoms with Crippen LogP contribution in [0.1, 0.15) is 107 Å². The minimum absolute atomic E-state index is 0.0139. The highest BCUT2D eigenvalue weighted by atomic mass is 16.7. The van der Waals surface area contributed by atoms with Gasteiger partial charge in [0.05, 0.1) is 18.8 Å². The van der Waals surface area contributed by atoms with Crippen molar-refractivity contribution in [3.63, 3.8) is 0 Å². The Morgan fingerprint density at radius 3 is 2.37 bits per heavy atom. The Kier molecular flexibility index (Phi) is 14.0. The largest absolute Gasteiger partial charge is 0.459 e. The van der Waals surface area contributed by atoms with Gasteiger partial charge in [0, 0.05) is 45.0 Å². The molecule has 2 aliphatic heterocycles. The van der Waals surface area contributed by atoms with Gasteiger partial charge in [-0.15, -0.1) is 0 Å². The summed E-state index contributed by atoms with van der Waals surface area (Å²) in [7, 11) is 0. The average molecular weight is 714 g/mol. The number of carbonyl (C=O) groups excluding carboxylic acids is 3. The molecule has 2 heterocycles. The molecule has 2 amide bonds. The van der Waals surface area contributed by atoms with Crippen LogP contribution < -0.4 is 10.6 Å². The summed E-state index contributed by atoms with van der Waals surface area (Å²) >= 11 is 0. The van der Waals surface area contributed by atoms with Crippen molar-refractivity contribution < 1.29 is 33.7 Å². The van der Waals surface area contributed by atoms with E-state index in [9.17, 15) is 19.5 Å². The number of likely N-dealkylation sites (tertiary alicyclic amines) is 1. The van der Waals surface area contributed by atoms with Crippen LogP contribution in [0.2, 0.25) is 0 Å². The smallest absolute Gasteiger partial charge is 0.323 e. The normalized spacial score (nSPS) is 20.7. The minimum Gasteiger partial charge on any atom is -0.459 e. The number of carbonyl (C=O) groups is 3. The van der Waals surface area contributed by atoms with Crippen molar-refractivity contribution in [2.45, 2.75) is 116 Å². The van der Waals surface area contributed by atoms with Crippen LogP contribution in [0, 0.1) is 0 Å². The highest BCUT2D eigenvalue weighted by molar-refractivity contribution is 5.77. The fourth-order valence-electron chi connectivity index (χ4n) is 6.84. The van der Waals surface area contributed by atoms with Crippen molar-refractivity contribution in [2.24, 2.45) is 0 Å². The van der Waals surface area contributed by atoms with Crippen molar-refractivity contribution in [1.29, 1.82) is 0 Å². The van der Waals surface area contributed by atoms with Gasteiger partial charge in [0.25, 0.3) is 0 Å². The molecule has 3 aromatic carbocycles. The van der Waals surface area contributed by atoms with Crippen molar-refractivity contribution in [3.05, 3.63) is 95.1 Å². The Hall–Kier alpha value is -4.09. The molecular formula is C42H55N3O7. The molecule has 4 atom stereocenters. The van der Waals surface area contributed by atoms with Crippen LogP contribution in [0.25, 0.3) is 11.1 Å². The number of ether oxygens (including phenoxy) is 3. The minimum atomic E-state index is -0.635. The van der Waals surface area contributed by atoms with Crippen molar-refractivity contribution in [3.8, 4) is 11.1 Å². The van der Waals surface area contributed by atoms with Gasteiger partial charge in [-0.1, -0.05) is 67.1 Å². The first kappa shape index (κ1) is 39.1. The molecule has 0 radical (unpaired) electrons. The molecule has 2 fully saturated rings. The first-order valence-corrected chi connectivity index (χ1v) is 18.7. The Labute approximate surface area is 308 Å². The van der Waals surface area contributed by atoms with Gasteiger partial charge < -0.3 is 30.0 Å². The van der Waals surface area contributed by atoms with E-state index in [0.29, 0.717) is 32.5 Å². The number of unbranched alkanes of at least 4 members (excludes halogenated alkanes) is 2. The molecular weight excluding hydrogens is 658 g/mol. The lowest BCUT2D eigenvalue weighted by molar-refractivity contribution is -0.253.